The lowest BCUT2D eigenvalue weighted by Crippen LogP contribution is -2.02. The Morgan fingerprint density at radius 2 is 0.651 bits per heavy atom. The molecular formula is C61H40N2. The van der Waals surface area contributed by atoms with Crippen molar-refractivity contribution in [1.82, 2.24) is 9.13 Å². The first-order valence-corrected chi connectivity index (χ1v) is 21.9. The van der Waals surface area contributed by atoms with Crippen molar-refractivity contribution in [2.24, 2.45) is 0 Å². The van der Waals surface area contributed by atoms with Crippen LogP contribution in [0.15, 0.2) is 237 Å². The molecule has 0 saturated heterocycles. The molecule has 294 valence electrons. The van der Waals surface area contributed by atoms with Crippen LogP contribution in [0.5, 0.6) is 0 Å². The zero-order valence-corrected chi connectivity index (χ0v) is 34.5. The minimum absolute atomic E-state index is 0.0555. The largest absolute Gasteiger partial charge is 0.309 e. The van der Waals surface area contributed by atoms with Crippen molar-refractivity contribution in [2.45, 2.75) is 5.92 Å². The molecule has 0 spiro atoms. The Morgan fingerprint density at radius 1 is 0.254 bits per heavy atom. The second kappa shape index (κ2) is 14.2. The van der Waals surface area contributed by atoms with Crippen LogP contribution < -0.4 is 0 Å². The van der Waals surface area contributed by atoms with Crippen LogP contribution in [0, 0.1) is 0 Å². The zero-order chi connectivity index (χ0) is 41.4. The summed E-state index contributed by atoms with van der Waals surface area (Å²) in [6.45, 7) is 0. The van der Waals surface area contributed by atoms with E-state index in [2.05, 4.69) is 246 Å². The van der Waals surface area contributed by atoms with Gasteiger partial charge in [0.1, 0.15) is 0 Å². The number of hydrogen-bond donors (Lipinski definition) is 0. The van der Waals surface area contributed by atoms with Crippen LogP contribution in [0.3, 0.4) is 0 Å². The maximum absolute atomic E-state index is 2.46. The molecule has 0 N–H and O–H groups in total. The highest BCUT2D eigenvalue weighted by Gasteiger charge is 2.31. The number of aromatic nitrogens is 2. The summed E-state index contributed by atoms with van der Waals surface area (Å²) in [5.41, 5.74) is 20.9. The SMILES string of the molecule is c1ccc(-c2cc(-c3cc(-c4ccccc4)cc(-n4c5ccccc5c5ccccc54)c3)cc(C3c4ccccc4-c4cc(-n5c6ccccc6c6ccccc65)ccc43)c2)cc1. The summed E-state index contributed by atoms with van der Waals surface area (Å²) in [4.78, 5) is 0. The average Bonchev–Trinajstić information content (AvgIpc) is 4.00. The van der Waals surface area contributed by atoms with E-state index in [0.717, 1.165) is 5.69 Å². The fourth-order valence-electron chi connectivity index (χ4n) is 10.6. The van der Waals surface area contributed by atoms with Gasteiger partial charge in [-0.3, -0.25) is 0 Å². The van der Waals surface area contributed by atoms with Gasteiger partial charge in [-0.25, -0.2) is 0 Å². The third kappa shape index (κ3) is 5.65. The Labute approximate surface area is 366 Å². The van der Waals surface area contributed by atoms with Crippen molar-refractivity contribution in [3.8, 4) is 55.9 Å². The second-order valence-corrected chi connectivity index (χ2v) is 16.9. The zero-order valence-electron chi connectivity index (χ0n) is 34.5. The predicted octanol–water partition coefficient (Wildman–Crippen LogP) is 16.0. The van der Waals surface area contributed by atoms with Gasteiger partial charge in [-0.1, -0.05) is 176 Å². The van der Waals surface area contributed by atoms with Crippen molar-refractivity contribution >= 4 is 43.6 Å². The van der Waals surface area contributed by atoms with Crippen LogP contribution in [0.1, 0.15) is 22.6 Å². The maximum atomic E-state index is 2.46. The molecule has 2 heteroatoms. The van der Waals surface area contributed by atoms with Gasteiger partial charge in [0, 0.05) is 38.8 Å². The second-order valence-electron chi connectivity index (χ2n) is 16.9. The van der Waals surface area contributed by atoms with Crippen LogP contribution >= 0.6 is 0 Å². The Kier molecular flexibility index (Phi) is 8.01. The van der Waals surface area contributed by atoms with E-state index in [0.29, 0.717) is 0 Å². The third-order valence-electron chi connectivity index (χ3n) is 13.3. The van der Waals surface area contributed by atoms with Gasteiger partial charge in [0.05, 0.1) is 22.1 Å². The third-order valence-corrected chi connectivity index (χ3v) is 13.3. The molecule has 1 unspecified atom stereocenters. The first-order chi connectivity index (χ1) is 31.2. The number of rotatable bonds is 6. The number of nitrogens with zero attached hydrogens (tertiary/aromatic N) is 2. The van der Waals surface area contributed by atoms with Gasteiger partial charge in [-0.05, 0) is 122 Å². The Hall–Kier alpha value is -8.20. The number of fused-ring (bicyclic) bond motifs is 9. The standard InChI is InChI=1S/C61H40N2/c1-3-17-40(18-4-1)42-33-43(45-34-44(41-19-5-2-6-20-41)37-48(38-45)63-59-29-15-11-24-52(59)53-25-12-16-30-60(53)63)36-46(35-42)61-54-26-8-7-21-49(54)56-39-47(31-32-55(56)61)62-57-27-13-9-22-50(57)51-23-10-14-28-58(51)62/h1-39,61H. The van der Waals surface area contributed by atoms with Gasteiger partial charge in [-0.2, -0.15) is 0 Å². The Bertz CT molecular complexity index is 3630. The summed E-state index contributed by atoms with van der Waals surface area (Å²) in [6.07, 6.45) is 0. The topological polar surface area (TPSA) is 9.86 Å². The minimum atomic E-state index is 0.0555. The van der Waals surface area contributed by atoms with Gasteiger partial charge in [0.25, 0.3) is 0 Å². The van der Waals surface area contributed by atoms with Crippen molar-refractivity contribution in [1.29, 1.82) is 0 Å². The van der Waals surface area contributed by atoms with E-state index in [1.54, 1.807) is 0 Å². The first-order valence-electron chi connectivity index (χ1n) is 21.9. The molecule has 12 aromatic rings. The van der Waals surface area contributed by atoms with E-state index >= 15 is 0 Å². The van der Waals surface area contributed by atoms with Crippen LogP contribution in [0.2, 0.25) is 0 Å². The first kappa shape index (κ1) is 35.5. The van der Waals surface area contributed by atoms with Gasteiger partial charge in [0.2, 0.25) is 0 Å². The molecule has 0 radical (unpaired) electrons. The normalized spacial score (nSPS) is 13.2. The molecule has 2 aromatic heterocycles. The monoisotopic (exact) mass is 800 g/mol. The van der Waals surface area contributed by atoms with Gasteiger partial charge in [-0.15, -0.1) is 0 Å². The van der Waals surface area contributed by atoms with Crippen LogP contribution in [0.25, 0.3) is 99.5 Å². The van der Waals surface area contributed by atoms with Crippen molar-refractivity contribution in [3.63, 3.8) is 0 Å². The molecular weight excluding hydrogens is 761 g/mol. The molecule has 10 aromatic carbocycles. The summed E-state index contributed by atoms with van der Waals surface area (Å²) >= 11 is 0. The van der Waals surface area contributed by atoms with Crippen molar-refractivity contribution in [2.75, 3.05) is 0 Å². The number of hydrogen-bond acceptors (Lipinski definition) is 0. The lowest BCUT2D eigenvalue weighted by Gasteiger charge is -2.19. The molecule has 1 aliphatic rings. The highest BCUT2D eigenvalue weighted by atomic mass is 15.0. The summed E-state index contributed by atoms with van der Waals surface area (Å²) in [7, 11) is 0. The molecule has 2 heterocycles. The molecule has 0 amide bonds. The minimum Gasteiger partial charge on any atom is -0.309 e. The highest BCUT2D eigenvalue weighted by molar-refractivity contribution is 6.10. The Balaban J connectivity index is 1.03. The van der Waals surface area contributed by atoms with Crippen LogP contribution in [0.4, 0.5) is 0 Å². The molecule has 0 saturated carbocycles. The van der Waals surface area contributed by atoms with Gasteiger partial charge < -0.3 is 9.13 Å². The quantitative estimate of drug-likeness (QED) is 0.159. The Morgan fingerprint density at radius 3 is 1.19 bits per heavy atom. The molecule has 1 atom stereocenters. The molecule has 1 aliphatic carbocycles. The molecule has 0 aliphatic heterocycles. The molecule has 2 nitrogen and oxygen atoms in total. The lowest BCUT2D eigenvalue weighted by atomic mass is 9.85. The molecule has 13 rings (SSSR count). The summed E-state index contributed by atoms with van der Waals surface area (Å²) in [5, 5.41) is 5.06. The summed E-state index contributed by atoms with van der Waals surface area (Å²) in [5.74, 6) is 0.0555. The van der Waals surface area contributed by atoms with E-state index < -0.39 is 0 Å². The smallest absolute Gasteiger partial charge is 0.0541 e. The van der Waals surface area contributed by atoms with Crippen LogP contribution in [-0.4, -0.2) is 9.13 Å². The van der Waals surface area contributed by atoms with E-state index in [9.17, 15) is 0 Å². The van der Waals surface area contributed by atoms with Crippen molar-refractivity contribution < 1.29 is 0 Å². The van der Waals surface area contributed by atoms with E-state index in [4.69, 9.17) is 0 Å². The predicted molar refractivity (Wildman–Crippen MR) is 264 cm³/mol. The number of para-hydroxylation sites is 4. The van der Waals surface area contributed by atoms with Gasteiger partial charge in [0.15, 0.2) is 0 Å². The van der Waals surface area contributed by atoms with Crippen molar-refractivity contribution in [3.05, 3.63) is 253 Å². The highest BCUT2D eigenvalue weighted by Crippen LogP contribution is 2.50. The van der Waals surface area contributed by atoms with Crippen LogP contribution in [-0.2, 0) is 0 Å². The average molecular weight is 801 g/mol. The lowest BCUT2D eigenvalue weighted by molar-refractivity contribution is 1.01. The number of benzene rings is 10. The summed E-state index contributed by atoms with van der Waals surface area (Å²) < 4.78 is 4.88. The van der Waals surface area contributed by atoms with E-state index in [-0.39, 0.29) is 5.92 Å². The molecule has 63 heavy (non-hydrogen) atoms. The van der Waals surface area contributed by atoms with E-state index in [1.165, 1.54) is 110 Å². The van der Waals surface area contributed by atoms with E-state index in [1.807, 2.05) is 0 Å². The molecule has 0 bridgehead atoms. The fraction of sp³-hybridized carbons (Fsp3) is 0.0164. The molecule has 0 fully saturated rings. The summed E-state index contributed by atoms with van der Waals surface area (Å²) in [6, 6.07) is 87.5. The maximum Gasteiger partial charge on any atom is 0.0541 e. The van der Waals surface area contributed by atoms with Gasteiger partial charge >= 0.3 is 0 Å². The fourth-order valence-corrected chi connectivity index (χ4v) is 10.6.